The van der Waals surface area contributed by atoms with Crippen molar-refractivity contribution in [1.29, 1.82) is 0 Å². The highest BCUT2D eigenvalue weighted by Gasteiger charge is 1.98. The molecule has 1 unspecified atom stereocenters. The SMILES string of the molecule is CC(N)c1cc(=O)[nH]cn1. The van der Waals surface area contributed by atoms with Crippen molar-refractivity contribution in [1.82, 2.24) is 9.97 Å². The van der Waals surface area contributed by atoms with Gasteiger partial charge in [0, 0.05) is 12.1 Å². The maximum Gasteiger partial charge on any atom is 0.250 e. The Morgan fingerprint density at radius 2 is 2.50 bits per heavy atom. The van der Waals surface area contributed by atoms with Gasteiger partial charge < -0.3 is 10.7 Å². The molecule has 3 N–H and O–H groups in total. The van der Waals surface area contributed by atoms with Crippen molar-refractivity contribution in [3.63, 3.8) is 0 Å². The molecular formula is C6H9N3O. The number of nitrogens with one attached hydrogen (secondary N) is 1. The molecule has 0 aliphatic rings. The summed E-state index contributed by atoms with van der Waals surface area (Å²) in [7, 11) is 0. The van der Waals surface area contributed by atoms with Gasteiger partial charge in [0.2, 0.25) is 0 Å². The largest absolute Gasteiger partial charge is 0.323 e. The van der Waals surface area contributed by atoms with Gasteiger partial charge in [-0.3, -0.25) is 4.79 Å². The lowest BCUT2D eigenvalue weighted by molar-refractivity contribution is 0.770. The Morgan fingerprint density at radius 3 is 2.90 bits per heavy atom. The van der Waals surface area contributed by atoms with Gasteiger partial charge in [0.1, 0.15) is 0 Å². The molecule has 0 fully saturated rings. The zero-order valence-corrected chi connectivity index (χ0v) is 5.66. The standard InChI is InChI=1S/C6H9N3O/c1-4(7)5-2-6(10)9-3-8-5/h2-4H,7H2,1H3,(H,8,9,10). The molecule has 0 saturated carbocycles. The average molecular weight is 139 g/mol. The third-order valence-corrected chi connectivity index (χ3v) is 1.17. The summed E-state index contributed by atoms with van der Waals surface area (Å²) in [6, 6.07) is 1.22. The van der Waals surface area contributed by atoms with Crippen molar-refractivity contribution in [2.24, 2.45) is 5.73 Å². The summed E-state index contributed by atoms with van der Waals surface area (Å²) in [6.07, 6.45) is 1.35. The van der Waals surface area contributed by atoms with Crippen LogP contribution in [0.4, 0.5) is 0 Å². The van der Waals surface area contributed by atoms with E-state index < -0.39 is 0 Å². The summed E-state index contributed by atoms with van der Waals surface area (Å²) < 4.78 is 0. The third kappa shape index (κ3) is 1.41. The van der Waals surface area contributed by atoms with Gasteiger partial charge in [-0.15, -0.1) is 0 Å². The monoisotopic (exact) mass is 139 g/mol. The Hall–Kier alpha value is -1.16. The molecule has 4 heteroatoms. The van der Waals surface area contributed by atoms with Crippen LogP contribution in [0.25, 0.3) is 0 Å². The molecule has 54 valence electrons. The highest BCUT2D eigenvalue weighted by Crippen LogP contribution is 1.98. The van der Waals surface area contributed by atoms with Gasteiger partial charge in [-0.2, -0.15) is 0 Å². The first kappa shape index (κ1) is 6.95. The first-order chi connectivity index (χ1) is 4.70. The fourth-order valence-corrected chi connectivity index (χ4v) is 0.633. The normalized spacial score (nSPS) is 13.0. The Labute approximate surface area is 58.1 Å². The van der Waals surface area contributed by atoms with Gasteiger partial charge >= 0.3 is 0 Å². The van der Waals surface area contributed by atoms with Gasteiger partial charge in [0.25, 0.3) is 5.56 Å². The molecule has 0 aliphatic carbocycles. The van der Waals surface area contributed by atoms with Crippen LogP contribution in [0.2, 0.25) is 0 Å². The summed E-state index contributed by atoms with van der Waals surface area (Å²) in [4.78, 5) is 16.9. The number of hydrogen-bond acceptors (Lipinski definition) is 3. The van der Waals surface area contributed by atoms with E-state index in [2.05, 4.69) is 9.97 Å². The van der Waals surface area contributed by atoms with Crippen molar-refractivity contribution < 1.29 is 0 Å². The van der Waals surface area contributed by atoms with Crippen LogP contribution in [0.3, 0.4) is 0 Å². The molecule has 0 aliphatic heterocycles. The Kier molecular flexibility index (Phi) is 1.82. The van der Waals surface area contributed by atoms with Gasteiger partial charge in [-0.1, -0.05) is 0 Å². The average Bonchev–Trinajstić information content (AvgIpc) is 1.88. The number of aromatic nitrogens is 2. The molecule has 1 aromatic heterocycles. The lowest BCUT2D eigenvalue weighted by Crippen LogP contribution is -2.13. The number of H-pyrrole nitrogens is 1. The van der Waals surface area contributed by atoms with Crippen molar-refractivity contribution in [2.75, 3.05) is 0 Å². The van der Waals surface area contributed by atoms with Crippen LogP contribution in [0, 0.1) is 0 Å². The van der Waals surface area contributed by atoms with E-state index in [0.717, 1.165) is 0 Å². The van der Waals surface area contributed by atoms with Crippen LogP contribution < -0.4 is 11.3 Å². The summed E-state index contributed by atoms with van der Waals surface area (Å²) in [5.74, 6) is 0. The lowest BCUT2D eigenvalue weighted by atomic mass is 10.2. The van der Waals surface area contributed by atoms with Crippen LogP contribution in [0.15, 0.2) is 17.2 Å². The molecule has 4 nitrogen and oxygen atoms in total. The maximum absolute atomic E-state index is 10.6. The zero-order valence-electron chi connectivity index (χ0n) is 5.66. The summed E-state index contributed by atoms with van der Waals surface area (Å²) >= 11 is 0. The summed E-state index contributed by atoms with van der Waals surface area (Å²) in [6.45, 7) is 1.78. The Balaban J connectivity index is 3.07. The number of aromatic amines is 1. The lowest BCUT2D eigenvalue weighted by Gasteiger charge is -2.00. The molecule has 0 saturated heterocycles. The van der Waals surface area contributed by atoms with Crippen molar-refractivity contribution in [2.45, 2.75) is 13.0 Å². The second-order valence-corrected chi connectivity index (χ2v) is 2.12. The van der Waals surface area contributed by atoms with Crippen LogP contribution in [-0.4, -0.2) is 9.97 Å². The fourth-order valence-electron chi connectivity index (χ4n) is 0.633. The highest BCUT2D eigenvalue weighted by atomic mass is 16.1. The first-order valence-electron chi connectivity index (χ1n) is 3.00. The quantitative estimate of drug-likeness (QED) is 0.565. The van der Waals surface area contributed by atoms with Crippen molar-refractivity contribution in [3.8, 4) is 0 Å². The molecule has 1 heterocycles. The Morgan fingerprint density at radius 1 is 1.80 bits per heavy atom. The van der Waals surface area contributed by atoms with Crippen LogP contribution in [-0.2, 0) is 0 Å². The van der Waals surface area contributed by atoms with E-state index in [0.29, 0.717) is 5.69 Å². The van der Waals surface area contributed by atoms with Crippen LogP contribution >= 0.6 is 0 Å². The van der Waals surface area contributed by atoms with E-state index in [9.17, 15) is 4.79 Å². The molecule has 1 rings (SSSR count). The van der Waals surface area contributed by atoms with E-state index in [-0.39, 0.29) is 11.6 Å². The number of rotatable bonds is 1. The molecule has 0 aromatic carbocycles. The molecule has 0 radical (unpaired) electrons. The second kappa shape index (κ2) is 2.62. The van der Waals surface area contributed by atoms with Gasteiger partial charge in [0.05, 0.1) is 12.0 Å². The molecule has 0 bridgehead atoms. The predicted octanol–water partition coefficient (Wildman–Crippen LogP) is -0.210. The van der Waals surface area contributed by atoms with Gasteiger partial charge in [0.15, 0.2) is 0 Å². The minimum absolute atomic E-state index is 0.165. The first-order valence-corrected chi connectivity index (χ1v) is 3.00. The van der Waals surface area contributed by atoms with Gasteiger partial charge in [-0.05, 0) is 6.92 Å². The number of nitrogens with two attached hydrogens (primary N) is 1. The van der Waals surface area contributed by atoms with E-state index in [4.69, 9.17) is 5.73 Å². The predicted molar refractivity (Wildman–Crippen MR) is 37.5 cm³/mol. The second-order valence-electron chi connectivity index (χ2n) is 2.12. The van der Waals surface area contributed by atoms with Gasteiger partial charge in [-0.25, -0.2) is 4.98 Å². The van der Waals surface area contributed by atoms with E-state index in [1.807, 2.05) is 0 Å². The van der Waals surface area contributed by atoms with E-state index >= 15 is 0 Å². The van der Waals surface area contributed by atoms with Crippen molar-refractivity contribution in [3.05, 3.63) is 28.4 Å². The molecule has 1 aromatic rings. The third-order valence-electron chi connectivity index (χ3n) is 1.17. The molecule has 0 amide bonds. The molecular weight excluding hydrogens is 130 g/mol. The molecule has 1 atom stereocenters. The summed E-state index contributed by atoms with van der Waals surface area (Å²) in [5.41, 5.74) is 5.92. The number of hydrogen-bond donors (Lipinski definition) is 2. The van der Waals surface area contributed by atoms with E-state index in [1.54, 1.807) is 6.92 Å². The fraction of sp³-hybridized carbons (Fsp3) is 0.333. The molecule has 0 spiro atoms. The minimum Gasteiger partial charge on any atom is -0.323 e. The maximum atomic E-state index is 10.6. The Bertz CT molecular complexity index is 266. The van der Waals surface area contributed by atoms with Crippen molar-refractivity contribution >= 4 is 0 Å². The number of nitrogens with zero attached hydrogens (tertiary/aromatic N) is 1. The minimum atomic E-state index is -0.178. The zero-order chi connectivity index (χ0) is 7.56. The van der Waals surface area contributed by atoms with Crippen LogP contribution in [0.5, 0.6) is 0 Å². The topological polar surface area (TPSA) is 71.8 Å². The van der Waals surface area contributed by atoms with E-state index in [1.165, 1.54) is 12.4 Å². The summed E-state index contributed by atoms with van der Waals surface area (Å²) in [5, 5.41) is 0. The molecule has 10 heavy (non-hydrogen) atoms. The smallest absolute Gasteiger partial charge is 0.250 e. The highest BCUT2D eigenvalue weighted by molar-refractivity contribution is 5.02. The van der Waals surface area contributed by atoms with Crippen LogP contribution in [0.1, 0.15) is 18.7 Å².